The van der Waals surface area contributed by atoms with E-state index in [1.165, 1.54) is 4.88 Å². The number of nitrogens with zero attached hydrogens (tertiary/aromatic N) is 3. The lowest BCUT2D eigenvalue weighted by molar-refractivity contribution is 0.368. The van der Waals surface area contributed by atoms with Gasteiger partial charge in [-0.2, -0.15) is 4.98 Å². The van der Waals surface area contributed by atoms with Gasteiger partial charge in [-0.05, 0) is 17.9 Å². The molecule has 0 unspecified atom stereocenters. The van der Waals surface area contributed by atoms with Gasteiger partial charge in [0.25, 0.3) is 0 Å². The standard InChI is InChI=1S/C15H23N5OS/c1-11(2)14-19-13(21-20-14)7-4-8-17-15(16-3)18-10-12-6-5-9-22-12/h5-6,9,11H,4,7-8,10H2,1-3H3,(H2,16,17,18). The number of aryl methyl sites for hydroxylation is 1. The van der Waals surface area contributed by atoms with Gasteiger partial charge < -0.3 is 15.2 Å². The molecule has 0 aliphatic heterocycles. The van der Waals surface area contributed by atoms with E-state index in [1.54, 1.807) is 18.4 Å². The van der Waals surface area contributed by atoms with Gasteiger partial charge in [0.05, 0.1) is 6.54 Å². The van der Waals surface area contributed by atoms with Crippen molar-refractivity contribution < 1.29 is 4.52 Å². The molecular weight excluding hydrogens is 298 g/mol. The third-order valence-electron chi connectivity index (χ3n) is 3.09. The molecule has 2 N–H and O–H groups in total. The Labute approximate surface area is 135 Å². The number of nitrogens with one attached hydrogen (secondary N) is 2. The summed E-state index contributed by atoms with van der Waals surface area (Å²) in [6.45, 7) is 5.71. The van der Waals surface area contributed by atoms with E-state index in [1.807, 2.05) is 6.07 Å². The van der Waals surface area contributed by atoms with Gasteiger partial charge in [-0.3, -0.25) is 4.99 Å². The monoisotopic (exact) mass is 321 g/mol. The largest absolute Gasteiger partial charge is 0.356 e. The molecule has 2 heterocycles. The summed E-state index contributed by atoms with van der Waals surface area (Å²) in [5.41, 5.74) is 0. The summed E-state index contributed by atoms with van der Waals surface area (Å²) in [6, 6.07) is 4.15. The van der Waals surface area contributed by atoms with Gasteiger partial charge in [-0.1, -0.05) is 25.1 Å². The van der Waals surface area contributed by atoms with Crippen molar-refractivity contribution in [3.8, 4) is 0 Å². The van der Waals surface area contributed by atoms with Crippen LogP contribution in [-0.2, 0) is 13.0 Å². The predicted molar refractivity (Wildman–Crippen MR) is 89.2 cm³/mol. The van der Waals surface area contributed by atoms with Crippen LogP contribution in [0.3, 0.4) is 0 Å². The van der Waals surface area contributed by atoms with Crippen LogP contribution < -0.4 is 10.6 Å². The Hall–Kier alpha value is -1.89. The molecule has 6 nitrogen and oxygen atoms in total. The van der Waals surface area contributed by atoms with Gasteiger partial charge in [0.1, 0.15) is 0 Å². The van der Waals surface area contributed by atoms with Crippen LogP contribution in [0.15, 0.2) is 27.0 Å². The van der Waals surface area contributed by atoms with Crippen LogP contribution in [0.5, 0.6) is 0 Å². The highest BCUT2D eigenvalue weighted by Crippen LogP contribution is 2.10. The van der Waals surface area contributed by atoms with Crippen molar-refractivity contribution >= 4 is 17.3 Å². The lowest BCUT2D eigenvalue weighted by Crippen LogP contribution is -2.37. The molecule has 0 amide bonds. The zero-order valence-corrected chi connectivity index (χ0v) is 14.1. The molecule has 2 aromatic heterocycles. The minimum Gasteiger partial charge on any atom is -0.356 e. The van der Waals surface area contributed by atoms with Crippen molar-refractivity contribution in [3.05, 3.63) is 34.1 Å². The fourth-order valence-corrected chi connectivity index (χ4v) is 2.50. The van der Waals surface area contributed by atoms with E-state index in [9.17, 15) is 0 Å². The zero-order valence-electron chi connectivity index (χ0n) is 13.3. The molecular formula is C15H23N5OS. The lowest BCUT2D eigenvalue weighted by Gasteiger charge is -2.10. The summed E-state index contributed by atoms with van der Waals surface area (Å²) in [4.78, 5) is 9.86. The smallest absolute Gasteiger partial charge is 0.226 e. The quantitative estimate of drug-likeness (QED) is 0.466. The number of hydrogen-bond donors (Lipinski definition) is 2. The molecule has 7 heteroatoms. The molecule has 2 rings (SSSR count). The van der Waals surface area contributed by atoms with Crippen LogP contribution in [0.2, 0.25) is 0 Å². The summed E-state index contributed by atoms with van der Waals surface area (Å²) in [5, 5.41) is 12.6. The van der Waals surface area contributed by atoms with Gasteiger partial charge in [-0.25, -0.2) is 0 Å². The van der Waals surface area contributed by atoms with E-state index in [0.29, 0.717) is 11.8 Å². The van der Waals surface area contributed by atoms with Gasteiger partial charge in [0.15, 0.2) is 11.8 Å². The van der Waals surface area contributed by atoms with Crippen LogP contribution in [0, 0.1) is 0 Å². The average Bonchev–Trinajstić information content (AvgIpc) is 3.18. The maximum Gasteiger partial charge on any atom is 0.226 e. The molecule has 0 aliphatic rings. The van der Waals surface area contributed by atoms with Crippen LogP contribution in [-0.4, -0.2) is 29.7 Å². The zero-order chi connectivity index (χ0) is 15.8. The number of thiophene rings is 1. The number of hydrogen-bond acceptors (Lipinski definition) is 5. The summed E-state index contributed by atoms with van der Waals surface area (Å²) in [5.74, 6) is 2.58. The molecule has 0 saturated heterocycles. The maximum atomic E-state index is 5.22. The van der Waals surface area contributed by atoms with Crippen molar-refractivity contribution in [2.45, 2.75) is 39.2 Å². The Morgan fingerprint density at radius 1 is 1.41 bits per heavy atom. The first-order valence-corrected chi connectivity index (χ1v) is 8.36. The Morgan fingerprint density at radius 3 is 2.91 bits per heavy atom. The molecule has 2 aromatic rings. The fraction of sp³-hybridized carbons (Fsp3) is 0.533. The Balaban J connectivity index is 1.65. The van der Waals surface area contributed by atoms with Crippen molar-refractivity contribution in [1.82, 2.24) is 20.8 Å². The summed E-state index contributed by atoms with van der Waals surface area (Å²) in [7, 11) is 1.77. The second kappa shape index (κ2) is 8.53. The number of rotatable bonds is 7. The van der Waals surface area contributed by atoms with E-state index in [4.69, 9.17) is 4.52 Å². The Morgan fingerprint density at radius 2 is 2.27 bits per heavy atom. The van der Waals surface area contributed by atoms with E-state index in [0.717, 1.165) is 37.7 Å². The number of guanidine groups is 1. The molecule has 120 valence electrons. The summed E-state index contributed by atoms with van der Waals surface area (Å²) in [6.07, 6.45) is 1.69. The Bertz CT molecular complexity index is 577. The van der Waals surface area contributed by atoms with E-state index < -0.39 is 0 Å². The molecule has 22 heavy (non-hydrogen) atoms. The average molecular weight is 321 g/mol. The summed E-state index contributed by atoms with van der Waals surface area (Å²) < 4.78 is 5.22. The molecule has 0 atom stereocenters. The maximum absolute atomic E-state index is 5.22. The minimum atomic E-state index is 0.302. The first-order valence-electron chi connectivity index (χ1n) is 7.48. The van der Waals surface area contributed by atoms with Gasteiger partial charge in [0, 0.05) is 30.8 Å². The highest BCUT2D eigenvalue weighted by molar-refractivity contribution is 7.09. The number of aromatic nitrogens is 2. The molecule has 0 spiro atoms. The minimum absolute atomic E-state index is 0.302. The van der Waals surface area contributed by atoms with Crippen LogP contribution >= 0.6 is 11.3 Å². The van der Waals surface area contributed by atoms with Gasteiger partial charge in [-0.15, -0.1) is 11.3 Å². The highest BCUT2D eigenvalue weighted by atomic mass is 32.1. The molecule has 0 fully saturated rings. The van der Waals surface area contributed by atoms with Crippen molar-refractivity contribution in [1.29, 1.82) is 0 Å². The fourth-order valence-electron chi connectivity index (χ4n) is 1.86. The van der Waals surface area contributed by atoms with Crippen LogP contribution in [0.4, 0.5) is 0 Å². The third-order valence-corrected chi connectivity index (χ3v) is 3.97. The second-order valence-electron chi connectivity index (χ2n) is 5.24. The van der Waals surface area contributed by atoms with Crippen LogP contribution in [0.25, 0.3) is 0 Å². The van der Waals surface area contributed by atoms with Gasteiger partial charge in [0.2, 0.25) is 5.89 Å². The second-order valence-corrected chi connectivity index (χ2v) is 6.27. The normalized spacial score (nSPS) is 11.9. The first-order chi connectivity index (χ1) is 10.7. The SMILES string of the molecule is CN=C(NCCCc1nc(C(C)C)no1)NCc1cccs1. The third kappa shape index (κ3) is 5.14. The number of aliphatic imine (C=N–C) groups is 1. The van der Waals surface area contributed by atoms with Crippen molar-refractivity contribution in [3.63, 3.8) is 0 Å². The van der Waals surface area contributed by atoms with E-state index in [-0.39, 0.29) is 0 Å². The summed E-state index contributed by atoms with van der Waals surface area (Å²) >= 11 is 1.73. The Kier molecular flexibility index (Phi) is 6.39. The molecule has 0 saturated carbocycles. The van der Waals surface area contributed by atoms with Crippen molar-refractivity contribution in [2.24, 2.45) is 4.99 Å². The van der Waals surface area contributed by atoms with Crippen LogP contribution in [0.1, 0.15) is 42.8 Å². The molecule has 0 radical (unpaired) electrons. The first kappa shape index (κ1) is 16.5. The predicted octanol–water partition coefficient (Wildman–Crippen LogP) is 2.55. The molecule has 0 aliphatic carbocycles. The topological polar surface area (TPSA) is 75.3 Å². The van der Waals surface area contributed by atoms with Gasteiger partial charge >= 0.3 is 0 Å². The van der Waals surface area contributed by atoms with E-state index >= 15 is 0 Å². The highest BCUT2D eigenvalue weighted by Gasteiger charge is 2.09. The molecule has 0 bridgehead atoms. The lowest BCUT2D eigenvalue weighted by atomic mass is 10.2. The van der Waals surface area contributed by atoms with E-state index in [2.05, 4.69) is 51.1 Å². The van der Waals surface area contributed by atoms with Crippen molar-refractivity contribution in [2.75, 3.05) is 13.6 Å². The molecule has 0 aromatic carbocycles.